The maximum atomic E-state index is 15.8. The Morgan fingerprint density at radius 3 is 2.32 bits per heavy atom. The molecule has 1 aliphatic carbocycles. The molecule has 23 nitrogen and oxygen atoms in total. The zero-order chi connectivity index (χ0) is 57.0. The number of pyridine rings is 1. The molecule has 0 spiro atoms. The Kier molecular flexibility index (Phi) is 17.5. The van der Waals surface area contributed by atoms with Crippen molar-refractivity contribution in [2.45, 2.75) is 168 Å². The number of carbonyl (C=O) groups excluding carboxylic acids is 4. The van der Waals surface area contributed by atoms with Crippen LogP contribution in [0.3, 0.4) is 0 Å². The Morgan fingerprint density at radius 2 is 1.65 bits per heavy atom. The second-order valence-electron chi connectivity index (χ2n) is 22.7. The van der Waals surface area contributed by atoms with Crippen LogP contribution >= 0.6 is 11.8 Å². The van der Waals surface area contributed by atoms with Gasteiger partial charge in [0.1, 0.15) is 64.9 Å². The molecule has 434 valence electrons. The third-order valence-electron chi connectivity index (χ3n) is 16.8. The van der Waals surface area contributed by atoms with Crippen molar-refractivity contribution in [2.24, 2.45) is 11.5 Å². The normalized spacial score (nSPS) is 34.6. The molecule has 5 saturated heterocycles. The van der Waals surface area contributed by atoms with Gasteiger partial charge in [-0.1, -0.05) is 30.3 Å². The number of nitrogens with one attached hydrogen (secondary N) is 5. The van der Waals surface area contributed by atoms with E-state index in [2.05, 4.69) is 31.5 Å². The number of nitrogens with two attached hydrogens (primary N) is 2. The Bertz CT molecular complexity index is 2790. The number of anilines is 1. The van der Waals surface area contributed by atoms with Crippen molar-refractivity contribution in [1.29, 1.82) is 0 Å². The highest BCUT2D eigenvalue weighted by atomic mass is 32.2. The molecule has 3 aromatic rings. The number of rotatable bonds is 16. The first-order valence-corrected chi connectivity index (χ1v) is 28.1. The van der Waals surface area contributed by atoms with Gasteiger partial charge in [0, 0.05) is 61.1 Å². The number of fused-ring (bicyclic) bond motifs is 2. The number of aliphatic hydroxyl groups is 3. The van der Waals surface area contributed by atoms with Gasteiger partial charge >= 0.3 is 0 Å². The quantitative estimate of drug-likeness (QED) is 0.0752. The summed E-state index contributed by atoms with van der Waals surface area (Å²) in [6.45, 7) is 11.7. The Labute approximate surface area is 462 Å². The molecule has 9 rings (SSSR count). The van der Waals surface area contributed by atoms with E-state index in [9.17, 15) is 39.3 Å². The Hall–Kier alpha value is -4.87. The van der Waals surface area contributed by atoms with Gasteiger partial charge in [0.05, 0.1) is 42.0 Å². The van der Waals surface area contributed by atoms with E-state index in [4.69, 9.17) is 30.4 Å². The van der Waals surface area contributed by atoms with Crippen molar-refractivity contribution < 1.29 is 57.8 Å². The molecule has 17 unspecified atom stereocenters. The first-order chi connectivity index (χ1) is 37.5. The summed E-state index contributed by atoms with van der Waals surface area (Å²) in [5.74, 6) is -3.38. The number of hydrogen-bond acceptors (Lipinski definition) is 19. The largest absolute Gasteiger partial charge is 0.388 e. The molecule has 1 saturated carbocycles. The fourth-order valence-electron chi connectivity index (χ4n) is 12.1. The minimum atomic E-state index is -1.56. The average molecular weight is 1120 g/mol. The van der Waals surface area contributed by atoms with Gasteiger partial charge in [-0.25, -0.2) is 4.39 Å². The maximum absolute atomic E-state index is 15.8. The van der Waals surface area contributed by atoms with Crippen LogP contribution < -0.4 is 48.4 Å². The number of aromatic nitrogens is 1. The minimum absolute atomic E-state index is 0.00899. The number of ether oxygens (including phenoxy) is 4. The fourth-order valence-corrected chi connectivity index (χ4v) is 13.7. The number of piperazine rings is 1. The molecular formula is C54H78FN11O12S. The zero-order valence-corrected chi connectivity index (χ0v) is 46.8. The summed E-state index contributed by atoms with van der Waals surface area (Å²) in [6.07, 6.45) is -5.51. The molecule has 0 bridgehead atoms. The van der Waals surface area contributed by atoms with E-state index in [1.165, 1.54) is 35.8 Å². The van der Waals surface area contributed by atoms with Crippen LogP contribution in [-0.4, -0.2) is 208 Å². The monoisotopic (exact) mass is 1120 g/mol. The van der Waals surface area contributed by atoms with Crippen molar-refractivity contribution in [3.05, 3.63) is 75.8 Å². The van der Waals surface area contributed by atoms with Gasteiger partial charge in [0.25, 0.3) is 5.91 Å². The van der Waals surface area contributed by atoms with Crippen molar-refractivity contribution in [1.82, 2.24) is 41.0 Å². The third kappa shape index (κ3) is 11.5. The van der Waals surface area contributed by atoms with Crippen LogP contribution in [0.15, 0.2) is 53.5 Å². The van der Waals surface area contributed by atoms with Crippen LogP contribution in [0.4, 0.5) is 10.1 Å². The van der Waals surface area contributed by atoms with Crippen molar-refractivity contribution >= 4 is 52.0 Å². The summed E-state index contributed by atoms with van der Waals surface area (Å²) in [5.41, 5.74) is 12.1. The molecule has 0 radical (unpaired) electrons. The Morgan fingerprint density at radius 1 is 0.949 bits per heavy atom. The van der Waals surface area contributed by atoms with E-state index < -0.39 is 130 Å². The summed E-state index contributed by atoms with van der Waals surface area (Å²) >= 11 is 1.30. The van der Waals surface area contributed by atoms with E-state index in [0.29, 0.717) is 49.2 Å². The first kappa shape index (κ1) is 58.8. The lowest BCUT2D eigenvalue weighted by molar-refractivity contribution is -0.308. The highest BCUT2D eigenvalue weighted by Crippen LogP contribution is 2.51. The topological polar surface area (TPSA) is 310 Å². The zero-order valence-electron chi connectivity index (χ0n) is 46.0. The lowest BCUT2D eigenvalue weighted by atomic mass is 9.83. The molecule has 12 N–H and O–H groups in total. The number of nitrogens with zero attached hydrogens (tertiary/aromatic N) is 4. The smallest absolute Gasteiger partial charge is 0.257 e. The average Bonchev–Trinajstić information content (AvgIpc) is 3.98. The van der Waals surface area contributed by atoms with Gasteiger partial charge in [0.15, 0.2) is 12.6 Å². The SMILES string of the molecule is CCn1cc(C(=O)NC(C(=O)NC2C(=O)N3C2SC(C)(C)C3C(=O)NC2CC(N)C(OC3OCC(C)(O)C(NC)C3O)C(O)C2OC2OC(C(C)NC)CCC2N)c2ccccc2)c(=O)c2cc(F)c(N3CCN(C)CC3)cc21. The number of aliphatic hydroxyl groups excluding tert-OH is 2. The van der Waals surface area contributed by atoms with Crippen molar-refractivity contribution in [3.8, 4) is 0 Å². The first-order valence-electron chi connectivity index (χ1n) is 27.3. The molecule has 17 atom stereocenters. The molecule has 6 aliphatic rings. The van der Waals surface area contributed by atoms with Gasteiger partial charge in [-0.05, 0) is 92.7 Å². The summed E-state index contributed by atoms with van der Waals surface area (Å²) in [7, 11) is 5.38. The molecular weight excluding hydrogens is 1050 g/mol. The number of benzene rings is 2. The number of likely N-dealkylation sites (N-methyl/N-ethyl adjacent to an activating group) is 3. The molecule has 6 fully saturated rings. The van der Waals surface area contributed by atoms with E-state index in [1.807, 2.05) is 25.8 Å². The number of amides is 4. The van der Waals surface area contributed by atoms with Gasteiger partial charge in [-0.3, -0.25) is 24.0 Å². The number of thioether (sulfide) groups is 1. The summed E-state index contributed by atoms with van der Waals surface area (Å²) in [5, 5.41) is 48.3. The number of halogens is 1. The van der Waals surface area contributed by atoms with Crippen LogP contribution in [0.25, 0.3) is 10.9 Å². The van der Waals surface area contributed by atoms with E-state index in [-0.39, 0.29) is 36.1 Å². The van der Waals surface area contributed by atoms with Gasteiger partial charge < -0.3 is 91.6 Å². The van der Waals surface area contributed by atoms with Crippen LogP contribution in [0.5, 0.6) is 0 Å². The molecule has 1 aromatic heterocycles. The minimum Gasteiger partial charge on any atom is -0.388 e. The molecule has 5 aliphatic heterocycles. The number of aryl methyl sites for hydroxylation is 1. The van der Waals surface area contributed by atoms with Gasteiger partial charge in [-0.15, -0.1) is 11.8 Å². The van der Waals surface area contributed by atoms with E-state index >= 15 is 4.39 Å². The molecule has 79 heavy (non-hydrogen) atoms. The predicted octanol–water partition coefficient (Wildman–Crippen LogP) is -1.23. The van der Waals surface area contributed by atoms with Gasteiger partial charge in [-0.2, -0.15) is 0 Å². The highest BCUT2D eigenvalue weighted by molar-refractivity contribution is 8.01. The van der Waals surface area contributed by atoms with Gasteiger partial charge in [0.2, 0.25) is 23.2 Å². The predicted molar refractivity (Wildman–Crippen MR) is 292 cm³/mol. The molecule has 6 heterocycles. The van der Waals surface area contributed by atoms with Crippen molar-refractivity contribution in [2.75, 3.05) is 58.8 Å². The van der Waals surface area contributed by atoms with Crippen LogP contribution in [0, 0.1) is 5.82 Å². The fraction of sp³-hybridized carbons (Fsp3) is 0.648. The second-order valence-corrected chi connectivity index (χ2v) is 24.5. The molecule has 4 amide bonds. The molecule has 2 aromatic carbocycles. The second kappa shape index (κ2) is 23.5. The lowest BCUT2D eigenvalue weighted by Crippen LogP contribution is -2.73. The summed E-state index contributed by atoms with van der Waals surface area (Å²) in [6, 6.07) is 4.00. The molecule has 25 heteroatoms. The number of β-lactam (4-membered cyclic amide) rings is 1. The lowest BCUT2D eigenvalue weighted by Gasteiger charge is -2.49. The number of carbonyl (C=O) groups is 4. The highest BCUT2D eigenvalue weighted by Gasteiger charge is 2.65. The van der Waals surface area contributed by atoms with Crippen LogP contribution in [0.2, 0.25) is 0 Å². The standard InChI is InChI=1S/C54H78FN11O12S/c1-9-64-24-29(39(67)28-21-30(55)35(23-34(28)64)65-19-17-63(8)18-20-65)46(70)61-37(27-13-11-10-12-14-27)47(71)62-38-49(73)66-45(53(3,4)79-50(38)66)48(72)60-33-22-32(57)42(77-52-41(69)44(59-7)54(5,74)25-75-52)40(68)43(33)78-51-31(56)15-16-36(76-51)26(2)58-6/h10-14,21,23-24,26,31-33,36-38,40-45,50-52,58-59,68-69,74H,9,15-20,22,25,56-57H2,1-8H3,(H,60,72)(H,61,70)(H,62,71). The summed E-state index contributed by atoms with van der Waals surface area (Å²) in [4.78, 5) is 77.6. The van der Waals surface area contributed by atoms with Crippen molar-refractivity contribution in [3.63, 3.8) is 0 Å². The Balaban J connectivity index is 0.920. The third-order valence-corrected chi connectivity index (χ3v) is 18.3. The van der Waals surface area contributed by atoms with E-state index in [1.54, 1.807) is 68.9 Å². The van der Waals surface area contributed by atoms with E-state index in [0.717, 1.165) is 13.1 Å². The van der Waals surface area contributed by atoms with Crippen LogP contribution in [-0.2, 0) is 39.9 Å². The summed E-state index contributed by atoms with van der Waals surface area (Å²) < 4.78 is 41.5. The maximum Gasteiger partial charge on any atom is 0.257 e. The number of hydrogen-bond donors (Lipinski definition) is 10. The van der Waals surface area contributed by atoms with Crippen LogP contribution in [0.1, 0.15) is 75.8 Å².